The lowest BCUT2D eigenvalue weighted by molar-refractivity contribution is 0.0975. The zero-order valence-corrected chi connectivity index (χ0v) is 15.3. The third-order valence-electron chi connectivity index (χ3n) is 4.14. The van der Waals surface area contributed by atoms with E-state index < -0.39 is 5.91 Å². The Morgan fingerprint density at radius 2 is 2.24 bits per heavy atom. The van der Waals surface area contributed by atoms with Crippen LogP contribution in [0.25, 0.3) is 0 Å². The van der Waals surface area contributed by atoms with Gasteiger partial charge in [-0.05, 0) is 55.1 Å². The SMILES string of the molecule is C[C@H]1CCc2c(sc(NC(=S)NC(=O)c3cccnc3)c2C(N)=O)C1. The molecule has 4 N–H and O–H groups in total. The summed E-state index contributed by atoms with van der Waals surface area (Å²) in [6.45, 7) is 2.19. The summed E-state index contributed by atoms with van der Waals surface area (Å²) in [5.41, 5.74) is 7.48. The molecule has 1 aliphatic carbocycles. The third kappa shape index (κ3) is 3.85. The summed E-state index contributed by atoms with van der Waals surface area (Å²) in [5.74, 6) is -0.255. The molecule has 0 aromatic carbocycles. The Labute approximate surface area is 154 Å². The highest BCUT2D eigenvalue weighted by Gasteiger charge is 2.27. The number of hydrogen-bond acceptors (Lipinski definition) is 5. The van der Waals surface area contributed by atoms with Crippen molar-refractivity contribution in [3.63, 3.8) is 0 Å². The summed E-state index contributed by atoms with van der Waals surface area (Å²) >= 11 is 6.70. The lowest BCUT2D eigenvalue weighted by atomic mass is 9.88. The molecule has 2 amide bonds. The van der Waals surface area contributed by atoms with Crippen LogP contribution in [0.2, 0.25) is 0 Å². The molecule has 6 nitrogen and oxygen atoms in total. The number of pyridine rings is 1. The van der Waals surface area contributed by atoms with E-state index in [1.165, 1.54) is 17.5 Å². The summed E-state index contributed by atoms with van der Waals surface area (Å²) in [5, 5.41) is 6.29. The minimum absolute atomic E-state index is 0.128. The molecule has 1 aliphatic rings. The first-order valence-electron chi connectivity index (χ1n) is 7.92. The van der Waals surface area contributed by atoms with E-state index >= 15 is 0 Å². The van der Waals surface area contributed by atoms with Crippen LogP contribution in [0.5, 0.6) is 0 Å². The van der Waals surface area contributed by atoms with Gasteiger partial charge in [0.25, 0.3) is 11.8 Å². The maximum Gasteiger partial charge on any atom is 0.258 e. The predicted molar refractivity (Wildman–Crippen MR) is 102 cm³/mol. The van der Waals surface area contributed by atoms with Gasteiger partial charge in [-0.1, -0.05) is 6.92 Å². The first-order chi connectivity index (χ1) is 12.0. The standard InChI is InChI=1S/C17H18N4O2S2/c1-9-4-5-11-12(7-9)25-16(13(11)14(18)22)21-17(24)20-15(23)10-3-2-6-19-8-10/h2-3,6,8-9H,4-5,7H2,1H3,(H2,18,22)(H2,20,21,23,24)/t9-/m0/s1. The molecule has 2 aromatic heterocycles. The number of thiocarbonyl (C=S) groups is 1. The van der Waals surface area contributed by atoms with E-state index in [0.29, 0.717) is 22.0 Å². The second-order valence-corrected chi connectivity index (χ2v) is 7.58. The number of nitrogens with two attached hydrogens (primary N) is 1. The Balaban J connectivity index is 1.77. The number of anilines is 1. The number of amides is 2. The van der Waals surface area contributed by atoms with Crippen LogP contribution in [-0.2, 0) is 12.8 Å². The van der Waals surface area contributed by atoms with Gasteiger partial charge in [0.15, 0.2) is 5.11 Å². The van der Waals surface area contributed by atoms with Gasteiger partial charge in [-0.15, -0.1) is 11.3 Å². The molecule has 130 valence electrons. The molecule has 0 unspecified atom stereocenters. The van der Waals surface area contributed by atoms with E-state index in [1.807, 2.05) is 0 Å². The quantitative estimate of drug-likeness (QED) is 0.717. The van der Waals surface area contributed by atoms with Crippen molar-refractivity contribution in [3.05, 3.63) is 46.1 Å². The van der Waals surface area contributed by atoms with Gasteiger partial charge in [0.2, 0.25) is 0 Å². The Morgan fingerprint density at radius 3 is 2.92 bits per heavy atom. The molecule has 0 bridgehead atoms. The van der Waals surface area contributed by atoms with E-state index in [0.717, 1.165) is 29.7 Å². The van der Waals surface area contributed by atoms with Crippen LogP contribution in [0.15, 0.2) is 24.5 Å². The fraction of sp³-hybridized carbons (Fsp3) is 0.294. The van der Waals surface area contributed by atoms with Crippen LogP contribution in [0.4, 0.5) is 5.00 Å². The van der Waals surface area contributed by atoms with Gasteiger partial charge in [0.1, 0.15) is 5.00 Å². The van der Waals surface area contributed by atoms with Crippen LogP contribution in [0, 0.1) is 5.92 Å². The van der Waals surface area contributed by atoms with Crippen LogP contribution in [-0.4, -0.2) is 21.9 Å². The second kappa shape index (κ2) is 7.28. The maximum absolute atomic E-state index is 12.1. The zero-order valence-electron chi connectivity index (χ0n) is 13.7. The fourth-order valence-electron chi connectivity index (χ4n) is 2.91. The van der Waals surface area contributed by atoms with Gasteiger partial charge in [0.05, 0.1) is 11.1 Å². The van der Waals surface area contributed by atoms with Crippen molar-refractivity contribution in [1.29, 1.82) is 0 Å². The van der Waals surface area contributed by atoms with Gasteiger partial charge >= 0.3 is 0 Å². The molecule has 25 heavy (non-hydrogen) atoms. The zero-order chi connectivity index (χ0) is 18.0. The highest BCUT2D eigenvalue weighted by atomic mass is 32.1. The molecule has 3 rings (SSSR count). The van der Waals surface area contributed by atoms with E-state index in [9.17, 15) is 9.59 Å². The molecule has 0 saturated carbocycles. The summed E-state index contributed by atoms with van der Waals surface area (Å²) < 4.78 is 0. The number of rotatable bonds is 3. The third-order valence-corrected chi connectivity index (χ3v) is 5.51. The van der Waals surface area contributed by atoms with Crippen LogP contribution in [0.1, 0.15) is 44.5 Å². The molecule has 0 saturated heterocycles. The van der Waals surface area contributed by atoms with E-state index in [4.69, 9.17) is 18.0 Å². The van der Waals surface area contributed by atoms with Gasteiger partial charge < -0.3 is 11.1 Å². The molecule has 0 aliphatic heterocycles. The number of nitrogens with zero attached hydrogens (tertiary/aromatic N) is 1. The first kappa shape index (κ1) is 17.5. The number of carbonyl (C=O) groups excluding carboxylic acids is 2. The molecular weight excluding hydrogens is 356 g/mol. The molecule has 8 heteroatoms. The Hall–Kier alpha value is -2.32. The number of hydrogen-bond donors (Lipinski definition) is 3. The molecule has 0 spiro atoms. The average molecular weight is 374 g/mol. The van der Waals surface area contributed by atoms with E-state index in [1.54, 1.807) is 18.3 Å². The normalized spacial score (nSPS) is 16.0. The number of nitrogens with one attached hydrogen (secondary N) is 2. The van der Waals surface area contributed by atoms with Crippen molar-refractivity contribution in [2.24, 2.45) is 11.7 Å². The minimum atomic E-state index is -0.476. The molecular formula is C17H18N4O2S2. The average Bonchev–Trinajstić information content (AvgIpc) is 2.92. The van der Waals surface area contributed by atoms with Crippen molar-refractivity contribution in [2.75, 3.05) is 5.32 Å². The molecule has 2 heterocycles. The fourth-order valence-corrected chi connectivity index (χ4v) is 4.59. The molecule has 0 radical (unpaired) electrons. The summed E-state index contributed by atoms with van der Waals surface area (Å²) in [7, 11) is 0. The predicted octanol–water partition coefficient (Wildman–Crippen LogP) is 2.49. The number of thiophene rings is 1. The van der Waals surface area contributed by atoms with Crippen molar-refractivity contribution in [1.82, 2.24) is 10.3 Å². The number of aromatic nitrogens is 1. The van der Waals surface area contributed by atoms with Gasteiger partial charge in [-0.25, -0.2) is 0 Å². The Morgan fingerprint density at radius 1 is 1.44 bits per heavy atom. The topological polar surface area (TPSA) is 97.1 Å². The van der Waals surface area contributed by atoms with Crippen LogP contribution < -0.4 is 16.4 Å². The van der Waals surface area contributed by atoms with Crippen LogP contribution >= 0.6 is 23.6 Å². The largest absolute Gasteiger partial charge is 0.365 e. The molecule has 1 atom stereocenters. The van der Waals surface area contributed by atoms with Crippen molar-refractivity contribution >= 4 is 45.5 Å². The molecule has 2 aromatic rings. The number of fused-ring (bicyclic) bond motifs is 1. The highest BCUT2D eigenvalue weighted by Crippen LogP contribution is 2.39. The van der Waals surface area contributed by atoms with Crippen molar-refractivity contribution in [2.45, 2.75) is 26.2 Å². The Bertz CT molecular complexity index is 833. The first-order valence-corrected chi connectivity index (χ1v) is 9.15. The van der Waals surface area contributed by atoms with Gasteiger partial charge in [-0.2, -0.15) is 0 Å². The second-order valence-electron chi connectivity index (χ2n) is 6.07. The van der Waals surface area contributed by atoms with Crippen LogP contribution in [0.3, 0.4) is 0 Å². The monoisotopic (exact) mass is 374 g/mol. The minimum Gasteiger partial charge on any atom is -0.365 e. The van der Waals surface area contributed by atoms with Gasteiger partial charge in [-0.3, -0.25) is 19.9 Å². The summed E-state index contributed by atoms with van der Waals surface area (Å²) in [4.78, 5) is 29.1. The van der Waals surface area contributed by atoms with E-state index in [2.05, 4.69) is 22.5 Å². The highest BCUT2D eigenvalue weighted by molar-refractivity contribution is 7.80. The molecule has 0 fully saturated rings. The van der Waals surface area contributed by atoms with Crippen molar-refractivity contribution in [3.8, 4) is 0 Å². The number of primary amides is 1. The van der Waals surface area contributed by atoms with E-state index in [-0.39, 0.29) is 11.0 Å². The Kier molecular flexibility index (Phi) is 5.10. The van der Waals surface area contributed by atoms with Gasteiger partial charge in [0, 0.05) is 17.3 Å². The summed E-state index contributed by atoms with van der Waals surface area (Å²) in [6.07, 6.45) is 5.84. The lowest BCUT2D eigenvalue weighted by Gasteiger charge is -2.18. The number of carbonyl (C=O) groups is 2. The smallest absolute Gasteiger partial charge is 0.258 e. The summed E-state index contributed by atoms with van der Waals surface area (Å²) in [6, 6.07) is 3.32. The lowest BCUT2D eigenvalue weighted by Crippen LogP contribution is -2.34. The van der Waals surface area contributed by atoms with Crippen molar-refractivity contribution < 1.29 is 9.59 Å². The maximum atomic E-state index is 12.1.